The SMILES string of the molecule is CN.O=Cc1nnc(CC2CCCNC2)c2cc(-c3cccc(F)c3)sc12. The minimum atomic E-state index is -0.268. The summed E-state index contributed by atoms with van der Waals surface area (Å²) >= 11 is 1.47. The van der Waals surface area contributed by atoms with Gasteiger partial charge < -0.3 is 11.1 Å². The van der Waals surface area contributed by atoms with Gasteiger partial charge in [-0.25, -0.2) is 4.39 Å². The lowest BCUT2D eigenvalue weighted by Crippen LogP contribution is -2.31. The van der Waals surface area contributed by atoms with Crippen molar-refractivity contribution in [1.82, 2.24) is 15.5 Å². The first-order valence-electron chi connectivity index (χ1n) is 9.03. The van der Waals surface area contributed by atoms with Crippen molar-refractivity contribution in [2.45, 2.75) is 19.3 Å². The average molecular weight is 386 g/mol. The molecule has 1 aromatic carbocycles. The van der Waals surface area contributed by atoms with E-state index in [4.69, 9.17) is 0 Å². The van der Waals surface area contributed by atoms with Crippen molar-refractivity contribution < 1.29 is 9.18 Å². The minimum Gasteiger partial charge on any atom is -0.333 e. The average Bonchev–Trinajstić information content (AvgIpc) is 3.17. The molecule has 3 aromatic rings. The number of halogens is 1. The summed E-state index contributed by atoms with van der Waals surface area (Å²) in [6.07, 6.45) is 3.93. The number of nitrogens with two attached hydrogens (primary N) is 1. The van der Waals surface area contributed by atoms with Gasteiger partial charge in [0.25, 0.3) is 0 Å². The van der Waals surface area contributed by atoms with Crippen molar-refractivity contribution in [1.29, 1.82) is 0 Å². The lowest BCUT2D eigenvalue weighted by Gasteiger charge is -2.22. The molecule has 0 bridgehead atoms. The zero-order valence-electron chi connectivity index (χ0n) is 15.2. The highest BCUT2D eigenvalue weighted by molar-refractivity contribution is 7.22. The van der Waals surface area contributed by atoms with E-state index in [1.807, 2.05) is 12.1 Å². The molecule has 4 rings (SSSR count). The maximum Gasteiger partial charge on any atom is 0.171 e. The number of hydrogen-bond acceptors (Lipinski definition) is 6. The summed E-state index contributed by atoms with van der Waals surface area (Å²) < 4.78 is 14.4. The fourth-order valence-corrected chi connectivity index (χ4v) is 4.51. The van der Waals surface area contributed by atoms with Crippen molar-refractivity contribution in [2.75, 3.05) is 20.1 Å². The van der Waals surface area contributed by atoms with Crippen LogP contribution in [0.3, 0.4) is 0 Å². The van der Waals surface area contributed by atoms with Crippen molar-refractivity contribution in [3.8, 4) is 10.4 Å². The first kappa shape index (κ1) is 19.5. The van der Waals surface area contributed by atoms with E-state index in [2.05, 4.69) is 21.2 Å². The van der Waals surface area contributed by atoms with Crippen LogP contribution in [0.4, 0.5) is 4.39 Å². The zero-order valence-corrected chi connectivity index (χ0v) is 16.1. The molecule has 1 aliphatic heterocycles. The van der Waals surface area contributed by atoms with Gasteiger partial charge in [0, 0.05) is 10.3 Å². The van der Waals surface area contributed by atoms with Gasteiger partial charge in [-0.2, -0.15) is 5.10 Å². The second-order valence-corrected chi connectivity index (χ2v) is 7.48. The van der Waals surface area contributed by atoms with Crippen molar-refractivity contribution in [3.63, 3.8) is 0 Å². The van der Waals surface area contributed by atoms with Crippen LogP contribution in [0.1, 0.15) is 29.0 Å². The monoisotopic (exact) mass is 386 g/mol. The Bertz CT molecular complexity index is 921. The molecule has 1 saturated heterocycles. The Morgan fingerprint density at radius 3 is 2.89 bits per heavy atom. The number of nitrogens with one attached hydrogen (secondary N) is 1. The maximum absolute atomic E-state index is 13.6. The van der Waals surface area contributed by atoms with Gasteiger partial charge in [-0.3, -0.25) is 4.79 Å². The van der Waals surface area contributed by atoms with E-state index in [-0.39, 0.29) is 5.82 Å². The van der Waals surface area contributed by atoms with Gasteiger partial charge in [0.15, 0.2) is 6.29 Å². The first-order valence-corrected chi connectivity index (χ1v) is 9.85. The van der Waals surface area contributed by atoms with E-state index in [1.165, 1.54) is 43.4 Å². The number of fused-ring (bicyclic) bond motifs is 1. The van der Waals surface area contributed by atoms with Crippen molar-refractivity contribution >= 4 is 27.7 Å². The number of nitrogens with zero attached hydrogens (tertiary/aromatic N) is 2. The number of thiophene rings is 1. The zero-order chi connectivity index (χ0) is 19.2. The molecule has 7 heteroatoms. The fraction of sp³-hybridized carbons (Fsp3) is 0.350. The van der Waals surface area contributed by atoms with Crippen LogP contribution in [-0.2, 0) is 6.42 Å². The number of aldehydes is 1. The van der Waals surface area contributed by atoms with Crippen LogP contribution in [0.2, 0.25) is 0 Å². The maximum atomic E-state index is 13.6. The summed E-state index contributed by atoms with van der Waals surface area (Å²) in [4.78, 5) is 12.3. The van der Waals surface area contributed by atoms with Crippen LogP contribution in [0.15, 0.2) is 30.3 Å². The van der Waals surface area contributed by atoms with Gasteiger partial charge in [-0.05, 0) is 69.1 Å². The summed E-state index contributed by atoms with van der Waals surface area (Å²) in [6, 6.07) is 8.53. The summed E-state index contributed by atoms with van der Waals surface area (Å²) in [5.74, 6) is 0.265. The second-order valence-electron chi connectivity index (χ2n) is 6.43. The van der Waals surface area contributed by atoms with Crippen LogP contribution >= 0.6 is 11.3 Å². The highest BCUT2D eigenvalue weighted by atomic mass is 32.1. The van der Waals surface area contributed by atoms with E-state index in [9.17, 15) is 9.18 Å². The minimum absolute atomic E-state index is 0.268. The van der Waals surface area contributed by atoms with E-state index < -0.39 is 0 Å². The highest BCUT2D eigenvalue weighted by Crippen LogP contribution is 2.36. The highest BCUT2D eigenvalue weighted by Gasteiger charge is 2.19. The molecule has 2 aromatic heterocycles. The van der Waals surface area contributed by atoms with Gasteiger partial charge in [0.2, 0.25) is 0 Å². The topological polar surface area (TPSA) is 80.9 Å². The van der Waals surface area contributed by atoms with Gasteiger partial charge in [-0.1, -0.05) is 12.1 Å². The van der Waals surface area contributed by atoms with Gasteiger partial charge in [0.1, 0.15) is 11.5 Å². The smallest absolute Gasteiger partial charge is 0.171 e. The van der Waals surface area contributed by atoms with Crippen molar-refractivity contribution in [3.05, 3.63) is 47.5 Å². The van der Waals surface area contributed by atoms with E-state index >= 15 is 0 Å². The summed E-state index contributed by atoms with van der Waals surface area (Å²) in [5.41, 5.74) is 6.59. The van der Waals surface area contributed by atoms with E-state index in [0.29, 0.717) is 11.6 Å². The van der Waals surface area contributed by atoms with E-state index in [1.54, 1.807) is 6.07 Å². The third-order valence-corrected chi connectivity index (χ3v) is 5.86. The first-order chi connectivity index (χ1) is 13.2. The Morgan fingerprint density at radius 2 is 2.19 bits per heavy atom. The Balaban J connectivity index is 0.00000102. The molecule has 1 unspecified atom stereocenters. The number of carbonyl (C=O) groups is 1. The van der Waals surface area contributed by atoms with Crippen LogP contribution in [0.25, 0.3) is 20.5 Å². The van der Waals surface area contributed by atoms with Crippen LogP contribution in [0.5, 0.6) is 0 Å². The summed E-state index contributed by atoms with van der Waals surface area (Å²) in [6.45, 7) is 2.06. The standard InChI is InChI=1S/C19H18FN3OS.CH5N/c20-14-5-1-4-13(8-14)18-9-15-16(7-12-3-2-6-21-10-12)22-23-17(11-24)19(15)25-18;1-2/h1,4-5,8-9,11-12,21H,2-3,6-7,10H2;2H2,1H3. The molecular formula is C20H23FN4OS. The van der Waals surface area contributed by atoms with Gasteiger partial charge in [-0.15, -0.1) is 16.4 Å². The van der Waals surface area contributed by atoms with Crippen LogP contribution in [0, 0.1) is 11.7 Å². The number of hydrogen-bond donors (Lipinski definition) is 2. The summed E-state index contributed by atoms with van der Waals surface area (Å²) in [5, 5.41) is 12.8. The third kappa shape index (κ3) is 4.37. The molecule has 0 amide bonds. The molecular weight excluding hydrogens is 363 g/mol. The van der Waals surface area contributed by atoms with Crippen LogP contribution in [-0.4, -0.2) is 36.6 Å². The molecule has 0 aliphatic carbocycles. The molecule has 0 spiro atoms. The lowest BCUT2D eigenvalue weighted by atomic mass is 9.93. The molecule has 3 heterocycles. The lowest BCUT2D eigenvalue weighted by molar-refractivity contribution is 0.112. The summed E-state index contributed by atoms with van der Waals surface area (Å²) in [7, 11) is 1.50. The van der Waals surface area contributed by atoms with Crippen molar-refractivity contribution in [2.24, 2.45) is 11.7 Å². The molecule has 142 valence electrons. The normalized spacial score (nSPS) is 16.6. The predicted octanol–water partition coefficient (Wildman–Crippen LogP) is 3.43. The van der Waals surface area contributed by atoms with Gasteiger partial charge in [0.05, 0.1) is 10.4 Å². The molecule has 1 aliphatic rings. The molecule has 1 atom stereocenters. The second kappa shape index (κ2) is 9.12. The molecule has 3 N–H and O–H groups in total. The number of aromatic nitrogens is 2. The number of rotatable bonds is 4. The van der Waals surface area contributed by atoms with Gasteiger partial charge >= 0.3 is 0 Å². The molecule has 27 heavy (non-hydrogen) atoms. The number of piperidine rings is 1. The number of benzene rings is 1. The Morgan fingerprint density at radius 1 is 1.33 bits per heavy atom. The van der Waals surface area contributed by atoms with E-state index in [0.717, 1.165) is 52.0 Å². The predicted molar refractivity (Wildman–Crippen MR) is 108 cm³/mol. The quantitative estimate of drug-likeness (QED) is 0.672. The van der Waals surface area contributed by atoms with Crippen LogP contribution < -0.4 is 11.1 Å². The molecule has 5 nitrogen and oxygen atoms in total. The Hall–Kier alpha value is -2.22. The largest absolute Gasteiger partial charge is 0.333 e. The number of carbonyl (C=O) groups excluding carboxylic acids is 1. The molecule has 1 fully saturated rings. The molecule has 0 saturated carbocycles. The Kier molecular flexibility index (Phi) is 6.60. The Labute approximate surface area is 161 Å². The fourth-order valence-electron chi connectivity index (χ4n) is 3.39. The molecule has 0 radical (unpaired) electrons. The third-order valence-electron chi connectivity index (χ3n) is 4.66.